The summed E-state index contributed by atoms with van der Waals surface area (Å²) in [6.45, 7) is 2.91. The third-order valence-electron chi connectivity index (χ3n) is 4.16. The quantitative estimate of drug-likeness (QED) is 0.855. The SMILES string of the molecule is CCCN1C(SC)=NC(=O)C1(c1ccccc1)c1ccccc1. The molecule has 3 nitrogen and oxygen atoms in total. The fourth-order valence-electron chi connectivity index (χ4n) is 3.21. The Morgan fingerprint density at radius 3 is 1.96 bits per heavy atom. The Labute approximate surface area is 141 Å². The summed E-state index contributed by atoms with van der Waals surface area (Å²) >= 11 is 1.53. The van der Waals surface area contributed by atoms with Crippen LogP contribution >= 0.6 is 11.8 Å². The molecule has 2 aromatic rings. The summed E-state index contributed by atoms with van der Waals surface area (Å²) in [6, 6.07) is 20.0. The lowest BCUT2D eigenvalue weighted by molar-refractivity contribution is -0.124. The van der Waals surface area contributed by atoms with Gasteiger partial charge in [-0.25, -0.2) is 0 Å². The van der Waals surface area contributed by atoms with Crippen LogP contribution in [0.25, 0.3) is 0 Å². The van der Waals surface area contributed by atoms with Crippen LogP contribution in [-0.2, 0) is 10.3 Å². The average molecular weight is 324 g/mol. The van der Waals surface area contributed by atoms with Gasteiger partial charge in [0.05, 0.1) is 0 Å². The normalized spacial score (nSPS) is 16.5. The Morgan fingerprint density at radius 2 is 1.52 bits per heavy atom. The van der Waals surface area contributed by atoms with Crippen LogP contribution in [0.4, 0.5) is 0 Å². The lowest BCUT2D eigenvalue weighted by Gasteiger charge is -2.39. The molecule has 1 aliphatic rings. The van der Waals surface area contributed by atoms with Crippen LogP contribution < -0.4 is 0 Å². The molecule has 118 valence electrons. The van der Waals surface area contributed by atoms with E-state index in [4.69, 9.17) is 0 Å². The smallest absolute Gasteiger partial charge is 0.283 e. The Kier molecular flexibility index (Phi) is 4.53. The van der Waals surface area contributed by atoms with E-state index in [9.17, 15) is 4.79 Å². The summed E-state index contributed by atoms with van der Waals surface area (Å²) in [5.74, 6) is -0.104. The lowest BCUT2D eigenvalue weighted by Crippen LogP contribution is -2.49. The minimum atomic E-state index is -0.850. The van der Waals surface area contributed by atoms with Gasteiger partial charge >= 0.3 is 0 Å². The maximum absolute atomic E-state index is 13.1. The zero-order valence-corrected chi connectivity index (χ0v) is 14.2. The second-order valence-electron chi connectivity index (χ2n) is 5.50. The van der Waals surface area contributed by atoms with Crippen molar-refractivity contribution < 1.29 is 4.79 Å². The fourth-order valence-corrected chi connectivity index (χ4v) is 3.84. The lowest BCUT2D eigenvalue weighted by atomic mass is 9.81. The van der Waals surface area contributed by atoms with Crippen molar-refractivity contribution in [2.75, 3.05) is 12.8 Å². The van der Waals surface area contributed by atoms with Crippen molar-refractivity contribution in [1.82, 2.24) is 4.90 Å². The average Bonchev–Trinajstić information content (AvgIpc) is 2.89. The summed E-state index contributed by atoms with van der Waals surface area (Å²) in [6.07, 6.45) is 2.93. The highest BCUT2D eigenvalue weighted by Gasteiger charge is 2.52. The number of carbonyl (C=O) groups is 1. The molecule has 0 saturated heterocycles. The highest BCUT2D eigenvalue weighted by atomic mass is 32.2. The maximum Gasteiger partial charge on any atom is 0.283 e. The van der Waals surface area contributed by atoms with Crippen molar-refractivity contribution in [3.63, 3.8) is 0 Å². The fraction of sp³-hybridized carbons (Fsp3) is 0.263. The predicted octanol–water partition coefficient (Wildman–Crippen LogP) is 3.90. The van der Waals surface area contributed by atoms with Crippen molar-refractivity contribution in [3.05, 3.63) is 71.8 Å². The van der Waals surface area contributed by atoms with Gasteiger partial charge in [0.25, 0.3) is 5.91 Å². The van der Waals surface area contributed by atoms with Crippen molar-refractivity contribution in [2.45, 2.75) is 18.9 Å². The molecule has 0 spiro atoms. The first-order valence-corrected chi connectivity index (χ1v) is 9.03. The van der Waals surface area contributed by atoms with E-state index < -0.39 is 5.54 Å². The monoisotopic (exact) mass is 324 g/mol. The van der Waals surface area contributed by atoms with Crippen molar-refractivity contribution >= 4 is 22.8 Å². The highest BCUT2D eigenvalue weighted by Crippen LogP contribution is 2.42. The molecule has 1 amide bonds. The van der Waals surface area contributed by atoms with Gasteiger partial charge in [-0.2, -0.15) is 4.99 Å². The minimum absolute atomic E-state index is 0.104. The minimum Gasteiger partial charge on any atom is -0.329 e. The van der Waals surface area contributed by atoms with E-state index >= 15 is 0 Å². The van der Waals surface area contributed by atoms with Gasteiger partial charge in [0, 0.05) is 6.54 Å². The molecule has 2 aromatic carbocycles. The van der Waals surface area contributed by atoms with Crippen molar-refractivity contribution in [1.29, 1.82) is 0 Å². The zero-order valence-electron chi connectivity index (χ0n) is 13.4. The summed E-state index contributed by atoms with van der Waals surface area (Å²) in [5.41, 5.74) is 1.09. The molecule has 0 N–H and O–H groups in total. The van der Waals surface area contributed by atoms with E-state index in [1.165, 1.54) is 11.8 Å². The summed E-state index contributed by atoms with van der Waals surface area (Å²) in [5, 5.41) is 0.796. The van der Waals surface area contributed by atoms with E-state index in [-0.39, 0.29) is 5.91 Å². The van der Waals surface area contributed by atoms with Gasteiger partial charge in [-0.15, -0.1) is 0 Å². The number of amidine groups is 1. The number of thioether (sulfide) groups is 1. The predicted molar refractivity (Wildman–Crippen MR) is 96.6 cm³/mol. The Balaban J connectivity index is 2.26. The highest BCUT2D eigenvalue weighted by molar-refractivity contribution is 8.13. The molecule has 0 saturated carbocycles. The number of hydrogen-bond donors (Lipinski definition) is 0. The van der Waals surface area contributed by atoms with E-state index in [0.717, 1.165) is 29.3 Å². The molecule has 4 heteroatoms. The van der Waals surface area contributed by atoms with Crippen LogP contribution in [0.5, 0.6) is 0 Å². The zero-order chi connectivity index (χ0) is 16.3. The second-order valence-corrected chi connectivity index (χ2v) is 6.27. The number of benzene rings is 2. The molecule has 0 aliphatic carbocycles. The number of carbonyl (C=O) groups excluding carboxylic acids is 1. The number of nitrogens with zero attached hydrogens (tertiary/aromatic N) is 2. The van der Waals surface area contributed by atoms with E-state index in [0.29, 0.717) is 0 Å². The molecule has 0 atom stereocenters. The van der Waals surface area contributed by atoms with E-state index in [1.54, 1.807) is 0 Å². The third-order valence-corrected chi connectivity index (χ3v) is 4.83. The number of aliphatic imine (C=N–C) groups is 1. The Bertz CT molecular complexity index is 673. The van der Waals surface area contributed by atoms with Gasteiger partial charge in [0.2, 0.25) is 0 Å². The first-order chi connectivity index (χ1) is 11.2. The first kappa shape index (κ1) is 15.8. The van der Waals surface area contributed by atoms with Crippen molar-refractivity contribution in [3.8, 4) is 0 Å². The van der Waals surface area contributed by atoms with Gasteiger partial charge in [-0.3, -0.25) is 4.79 Å². The molecule has 0 bridgehead atoms. The molecule has 23 heavy (non-hydrogen) atoms. The number of hydrogen-bond acceptors (Lipinski definition) is 3. The van der Waals surface area contributed by atoms with E-state index in [1.807, 2.05) is 66.9 Å². The topological polar surface area (TPSA) is 32.7 Å². The molecule has 0 radical (unpaired) electrons. The third kappa shape index (κ3) is 2.47. The molecule has 1 aliphatic heterocycles. The van der Waals surface area contributed by atoms with Crippen LogP contribution in [0.15, 0.2) is 65.7 Å². The molecular weight excluding hydrogens is 304 g/mol. The Hall–Kier alpha value is -2.07. The van der Waals surface area contributed by atoms with Crippen LogP contribution in [0.1, 0.15) is 24.5 Å². The standard InChI is InChI=1S/C19H20N2OS/c1-3-14-21-18(23-2)20-17(22)19(21,15-10-6-4-7-11-15)16-12-8-5-9-13-16/h4-13H,3,14H2,1-2H3. The summed E-state index contributed by atoms with van der Waals surface area (Å²) in [7, 11) is 0. The number of rotatable bonds is 4. The summed E-state index contributed by atoms with van der Waals surface area (Å²) in [4.78, 5) is 19.6. The van der Waals surface area contributed by atoms with Crippen LogP contribution in [-0.4, -0.2) is 28.8 Å². The molecule has 0 aromatic heterocycles. The molecule has 0 unspecified atom stereocenters. The largest absolute Gasteiger partial charge is 0.329 e. The molecule has 0 fully saturated rings. The van der Waals surface area contributed by atoms with E-state index in [2.05, 4.69) is 16.8 Å². The maximum atomic E-state index is 13.1. The van der Waals surface area contributed by atoms with Gasteiger partial charge in [-0.05, 0) is 23.8 Å². The molecule has 3 rings (SSSR count). The first-order valence-electron chi connectivity index (χ1n) is 7.81. The van der Waals surface area contributed by atoms with Gasteiger partial charge in [-0.1, -0.05) is 79.3 Å². The van der Waals surface area contributed by atoms with Crippen LogP contribution in [0.2, 0.25) is 0 Å². The van der Waals surface area contributed by atoms with Crippen molar-refractivity contribution in [2.24, 2.45) is 4.99 Å². The molecule has 1 heterocycles. The number of amides is 1. The van der Waals surface area contributed by atoms with Gasteiger partial charge < -0.3 is 4.90 Å². The Morgan fingerprint density at radius 1 is 1.00 bits per heavy atom. The van der Waals surface area contributed by atoms with Crippen LogP contribution in [0, 0.1) is 0 Å². The van der Waals surface area contributed by atoms with Gasteiger partial charge in [0.1, 0.15) is 0 Å². The van der Waals surface area contributed by atoms with Gasteiger partial charge in [0.15, 0.2) is 10.7 Å². The van der Waals surface area contributed by atoms with Crippen LogP contribution in [0.3, 0.4) is 0 Å². The summed E-state index contributed by atoms with van der Waals surface area (Å²) < 4.78 is 0. The second kappa shape index (κ2) is 6.59. The molecular formula is C19H20N2OS.